The summed E-state index contributed by atoms with van der Waals surface area (Å²) in [5, 5.41) is 9.34. The summed E-state index contributed by atoms with van der Waals surface area (Å²) < 4.78 is 30.0. The smallest absolute Gasteiger partial charge is 0.339 e. The van der Waals surface area contributed by atoms with Crippen LogP contribution in [0.25, 0.3) is 22.3 Å². The van der Waals surface area contributed by atoms with E-state index in [-0.39, 0.29) is 11.5 Å². The van der Waals surface area contributed by atoms with Gasteiger partial charge in [-0.15, -0.1) is 0 Å². The highest BCUT2D eigenvalue weighted by atomic mass is 79.9. The third-order valence-corrected chi connectivity index (χ3v) is 12.0. The molecule has 12 heteroatoms. The van der Waals surface area contributed by atoms with Crippen LogP contribution < -0.4 is 18.9 Å². The van der Waals surface area contributed by atoms with E-state index in [1.807, 2.05) is 85.1 Å². The van der Waals surface area contributed by atoms with Crippen LogP contribution in [0.1, 0.15) is 99.5 Å². The number of methoxy groups -OCH3 is 2. The van der Waals surface area contributed by atoms with E-state index in [2.05, 4.69) is 54.0 Å². The molecule has 4 aromatic carbocycles. The van der Waals surface area contributed by atoms with Crippen LogP contribution in [0.5, 0.6) is 23.0 Å². The quantitative estimate of drug-likeness (QED) is 0.0994. The number of hydrogen-bond acceptors (Lipinski definition) is 9. The van der Waals surface area contributed by atoms with Crippen molar-refractivity contribution in [2.24, 2.45) is 0 Å². The molecule has 2 aliphatic rings. The molecule has 0 amide bonds. The van der Waals surface area contributed by atoms with Crippen LogP contribution in [0.3, 0.4) is 0 Å². The maximum atomic E-state index is 12.2. The van der Waals surface area contributed by atoms with Crippen LogP contribution >= 0.6 is 31.9 Å². The summed E-state index contributed by atoms with van der Waals surface area (Å²) in [7, 11) is 3.30. The minimum atomic E-state index is -0.972. The first-order chi connectivity index (χ1) is 31.1. The summed E-state index contributed by atoms with van der Waals surface area (Å²) in [5.41, 5.74) is 11.4. The molecule has 328 valence electrons. The zero-order chi connectivity index (χ0) is 45.0. The van der Waals surface area contributed by atoms with Crippen LogP contribution in [-0.2, 0) is 18.0 Å². The number of carbonyl (C=O) groups is 2. The predicted molar refractivity (Wildman–Crippen MR) is 256 cm³/mol. The van der Waals surface area contributed by atoms with E-state index < -0.39 is 5.97 Å². The molecule has 0 spiro atoms. The Balaban J connectivity index is 0.000000192. The van der Waals surface area contributed by atoms with E-state index in [0.717, 1.165) is 109 Å². The Hall–Kier alpha value is -6.24. The molecular formula is C52H48Br2N2O8. The third-order valence-electron chi connectivity index (χ3n) is 11.0. The fraction of sp³-hybridized carbons (Fsp3) is 0.231. The molecule has 1 N–H and O–H groups in total. The lowest BCUT2D eigenvalue weighted by atomic mass is 9.96. The number of benzene rings is 4. The fourth-order valence-electron chi connectivity index (χ4n) is 7.87. The monoisotopic (exact) mass is 986 g/mol. The number of esters is 1. The highest BCUT2D eigenvalue weighted by Crippen LogP contribution is 2.45. The molecule has 0 saturated heterocycles. The number of carboxylic acid groups (broad SMARTS) is 1. The van der Waals surface area contributed by atoms with Gasteiger partial charge in [0.25, 0.3) is 0 Å². The summed E-state index contributed by atoms with van der Waals surface area (Å²) in [6, 6.07) is 31.4. The first-order valence-electron chi connectivity index (χ1n) is 21.0. The molecule has 0 fully saturated rings. The zero-order valence-corrected chi connectivity index (χ0v) is 39.0. The number of ether oxygens (including phenoxy) is 5. The molecule has 2 aromatic heterocycles. The lowest BCUT2D eigenvalue weighted by molar-refractivity contribution is 0.0525. The first kappa shape index (κ1) is 45.8. The normalized spacial score (nSPS) is 13.3. The molecule has 0 radical (unpaired) electrons. The summed E-state index contributed by atoms with van der Waals surface area (Å²) in [5.74, 6) is 1.95. The van der Waals surface area contributed by atoms with Gasteiger partial charge >= 0.3 is 11.9 Å². The zero-order valence-electron chi connectivity index (χ0n) is 35.9. The minimum absolute atomic E-state index is 0.196. The van der Waals surface area contributed by atoms with Gasteiger partial charge < -0.3 is 28.8 Å². The van der Waals surface area contributed by atoms with Gasteiger partial charge in [-0.25, -0.2) is 9.59 Å². The van der Waals surface area contributed by atoms with Crippen LogP contribution in [0.4, 0.5) is 0 Å². The van der Waals surface area contributed by atoms with E-state index in [1.165, 1.54) is 22.9 Å². The van der Waals surface area contributed by atoms with Gasteiger partial charge in [0.15, 0.2) is 0 Å². The van der Waals surface area contributed by atoms with E-state index in [1.54, 1.807) is 39.6 Å². The number of carboxylic acids is 1. The molecule has 0 bridgehead atoms. The van der Waals surface area contributed by atoms with Crippen molar-refractivity contribution in [2.75, 3.05) is 20.8 Å². The van der Waals surface area contributed by atoms with E-state index in [4.69, 9.17) is 23.7 Å². The highest BCUT2D eigenvalue weighted by Gasteiger charge is 2.24. The molecule has 2 heterocycles. The minimum Gasteiger partial charge on any atom is -0.497 e. The first-order valence-corrected chi connectivity index (χ1v) is 22.6. The number of rotatable bonds is 15. The van der Waals surface area contributed by atoms with Gasteiger partial charge in [0.05, 0.1) is 32.0 Å². The Bertz CT molecular complexity index is 2680. The number of hydrogen-bond donors (Lipinski definition) is 1. The molecule has 0 saturated carbocycles. The molecule has 8 rings (SSSR count). The molecule has 0 unspecified atom stereocenters. The summed E-state index contributed by atoms with van der Waals surface area (Å²) in [4.78, 5) is 32.0. The van der Waals surface area contributed by atoms with Gasteiger partial charge in [-0.3, -0.25) is 9.97 Å². The van der Waals surface area contributed by atoms with Gasteiger partial charge in [-0.2, -0.15) is 0 Å². The summed E-state index contributed by atoms with van der Waals surface area (Å²) in [6.07, 6.45) is 12.2. The average molecular weight is 989 g/mol. The van der Waals surface area contributed by atoms with Crippen molar-refractivity contribution in [3.05, 3.63) is 175 Å². The molecule has 10 nitrogen and oxygen atoms in total. The summed E-state index contributed by atoms with van der Waals surface area (Å²) >= 11 is 7.19. The Morgan fingerprint density at radius 3 is 1.45 bits per heavy atom. The van der Waals surface area contributed by atoms with Gasteiger partial charge in [0.1, 0.15) is 36.2 Å². The number of carbonyl (C=O) groups excluding carboxylic acids is 1. The van der Waals surface area contributed by atoms with E-state index >= 15 is 0 Å². The number of pyridine rings is 2. The molecule has 0 atom stereocenters. The maximum Gasteiger partial charge on any atom is 0.339 e. The van der Waals surface area contributed by atoms with Crippen LogP contribution in [0.2, 0.25) is 0 Å². The molecule has 0 aliphatic heterocycles. The second-order valence-corrected chi connectivity index (χ2v) is 17.0. The fourth-order valence-corrected chi connectivity index (χ4v) is 8.59. The summed E-state index contributed by atoms with van der Waals surface area (Å²) in [6.45, 7) is 3.04. The Morgan fingerprint density at radius 2 is 1.02 bits per heavy atom. The van der Waals surface area contributed by atoms with Gasteiger partial charge in [0, 0.05) is 44.9 Å². The lowest BCUT2D eigenvalue weighted by Gasteiger charge is -2.15. The second-order valence-electron chi connectivity index (χ2n) is 15.1. The Kier molecular flexibility index (Phi) is 15.7. The SMILES string of the molecule is CCOC(=O)c1cncc(C2=C(c3cc(Br)ccc3OCc3ccc(OC)cc3)CCC2)c1.COc1ccc(COc2ccc(Br)cc2C2=C(c3cncc(C(=O)O)c3)CCC2)cc1. The van der Waals surface area contributed by atoms with Crippen molar-refractivity contribution >= 4 is 66.1 Å². The third kappa shape index (κ3) is 11.5. The van der Waals surface area contributed by atoms with Crippen molar-refractivity contribution in [2.45, 2.75) is 58.7 Å². The van der Waals surface area contributed by atoms with Crippen molar-refractivity contribution in [3.8, 4) is 23.0 Å². The number of allylic oxidation sites excluding steroid dienone is 4. The standard InChI is InChI=1S/C27H26BrNO4.C25H22BrNO4/c1-3-32-27(30)20-13-19(15-29-16-20)23-5-4-6-24(23)25-14-21(28)9-12-26(25)33-17-18-7-10-22(31-2)11-8-18;1-30-20-8-5-16(6-9-20)15-31-24-10-7-19(26)12-23(24)22-4-2-3-21(22)17-11-18(25(28)29)14-27-13-17/h7-16H,3-6,17H2,1-2H3;5-14H,2-4,15H2,1H3,(H,28,29). The maximum absolute atomic E-state index is 12.2. The Morgan fingerprint density at radius 1 is 0.578 bits per heavy atom. The van der Waals surface area contributed by atoms with Crippen LogP contribution in [0, 0.1) is 0 Å². The van der Waals surface area contributed by atoms with Crippen LogP contribution in [-0.4, -0.2) is 47.8 Å². The van der Waals surface area contributed by atoms with Crippen molar-refractivity contribution in [1.29, 1.82) is 0 Å². The molecule has 6 aromatic rings. The molecule has 2 aliphatic carbocycles. The predicted octanol–water partition coefficient (Wildman–Crippen LogP) is 12.9. The number of halogens is 2. The van der Waals surface area contributed by atoms with Crippen molar-refractivity contribution in [3.63, 3.8) is 0 Å². The largest absolute Gasteiger partial charge is 0.497 e. The number of nitrogens with zero attached hydrogens (tertiary/aromatic N) is 2. The molecular weight excluding hydrogens is 940 g/mol. The van der Waals surface area contributed by atoms with Crippen molar-refractivity contribution < 1.29 is 38.4 Å². The highest BCUT2D eigenvalue weighted by molar-refractivity contribution is 9.10. The van der Waals surface area contributed by atoms with Gasteiger partial charge in [-0.1, -0.05) is 56.1 Å². The van der Waals surface area contributed by atoms with Gasteiger partial charge in [0.2, 0.25) is 0 Å². The van der Waals surface area contributed by atoms with Crippen molar-refractivity contribution in [1.82, 2.24) is 9.97 Å². The second kappa shape index (κ2) is 21.9. The van der Waals surface area contributed by atoms with E-state index in [9.17, 15) is 14.7 Å². The lowest BCUT2D eigenvalue weighted by Crippen LogP contribution is -2.05. The number of aromatic carboxylic acids is 1. The topological polar surface area (TPSA) is 126 Å². The molecule has 64 heavy (non-hydrogen) atoms. The number of aromatic nitrogens is 2. The van der Waals surface area contributed by atoms with Crippen LogP contribution in [0.15, 0.2) is 131 Å². The Labute approximate surface area is 390 Å². The average Bonchev–Trinajstić information content (AvgIpc) is 4.03. The van der Waals surface area contributed by atoms with E-state index in [0.29, 0.717) is 25.4 Å². The van der Waals surface area contributed by atoms with Gasteiger partial charge in [-0.05, 0) is 163 Å².